The maximum absolute atomic E-state index is 5.58. The van der Waals surface area contributed by atoms with Gasteiger partial charge in [-0.05, 0) is 20.3 Å². The van der Waals surface area contributed by atoms with E-state index >= 15 is 0 Å². The number of nitrogens with one attached hydrogen (secondary N) is 1. The van der Waals surface area contributed by atoms with Crippen LogP contribution in [0.15, 0.2) is 0 Å². The van der Waals surface area contributed by atoms with Gasteiger partial charge in [-0.2, -0.15) is 0 Å². The number of rotatable bonds is 5. The van der Waals surface area contributed by atoms with Crippen molar-refractivity contribution in [2.45, 2.75) is 39.3 Å². The molecule has 3 nitrogen and oxygen atoms in total. The van der Waals surface area contributed by atoms with Crippen molar-refractivity contribution in [3.05, 3.63) is 0 Å². The van der Waals surface area contributed by atoms with Crippen LogP contribution in [0, 0.1) is 0 Å². The van der Waals surface area contributed by atoms with Crippen molar-refractivity contribution in [2.24, 2.45) is 0 Å². The highest BCUT2D eigenvalue weighted by Gasteiger charge is 2.19. The molecule has 1 atom stereocenters. The zero-order valence-corrected chi connectivity index (χ0v) is 9.75. The summed E-state index contributed by atoms with van der Waals surface area (Å²) in [5.74, 6) is 0. The molecule has 1 aliphatic rings. The van der Waals surface area contributed by atoms with E-state index in [1.54, 1.807) is 0 Å². The lowest BCUT2D eigenvalue weighted by atomic mass is 10.1. The van der Waals surface area contributed by atoms with Gasteiger partial charge in [0.05, 0.1) is 12.7 Å². The van der Waals surface area contributed by atoms with E-state index in [2.05, 4.69) is 31.0 Å². The Morgan fingerprint density at radius 1 is 1.50 bits per heavy atom. The molecule has 0 aliphatic carbocycles. The summed E-state index contributed by atoms with van der Waals surface area (Å²) in [6, 6.07) is 0.708. The van der Waals surface area contributed by atoms with Crippen molar-refractivity contribution in [2.75, 3.05) is 32.8 Å². The molecule has 0 aromatic heterocycles. The first-order chi connectivity index (χ1) is 6.74. The van der Waals surface area contributed by atoms with E-state index in [1.165, 1.54) is 13.0 Å². The van der Waals surface area contributed by atoms with Gasteiger partial charge in [0.2, 0.25) is 0 Å². The summed E-state index contributed by atoms with van der Waals surface area (Å²) in [4.78, 5) is 2.54. The molecule has 1 rings (SSSR count). The maximum atomic E-state index is 5.58. The van der Waals surface area contributed by atoms with Crippen LogP contribution in [0.5, 0.6) is 0 Å². The molecule has 1 heterocycles. The standard InChI is InChI=1S/C11H24N2O/c1-4-11-9-12-5-6-13(11)7-8-14-10(2)3/h10-12H,4-9H2,1-3H3. The highest BCUT2D eigenvalue weighted by molar-refractivity contribution is 4.78. The minimum absolute atomic E-state index is 0.359. The first kappa shape index (κ1) is 12.0. The molecule has 0 radical (unpaired) electrons. The lowest BCUT2D eigenvalue weighted by molar-refractivity contribution is 0.0426. The first-order valence-electron chi connectivity index (χ1n) is 5.80. The summed E-state index contributed by atoms with van der Waals surface area (Å²) >= 11 is 0. The molecule has 0 amide bonds. The summed E-state index contributed by atoms with van der Waals surface area (Å²) in [5.41, 5.74) is 0. The lowest BCUT2D eigenvalue weighted by Crippen LogP contribution is -2.51. The van der Waals surface area contributed by atoms with Gasteiger partial charge in [0.1, 0.15) is 0 Å². The number of hydrogen-bond acceptors (Lipinski definition) is 3. The number of hydrogen-bond donors (Lipinski definition) is 1. The largest absolute Gasteiger partial charge is 0.377 e. The fourth-order valence-corrected chi connectivity index (χ4v) is 1.91. The molecule has 1 aliphatic heterocycles. The van der Waals surface area contributed by atoms with Crippen LogP contribution in [-0.2, 0) is 4.74 Å². The smallest absolute Gasteiger partial charge is 0.0597 e. The van der Waals surface area contributed by atoms with E-state index in [0.29, 0.717) is 12.1 Å². The second-order valence-corrected chi connectivity index (χ2v) is 4.22. The van der Waals surface area contributed by atoms with E-state index in [1.807, 2.05) is 0 Å². The summed E-state index contributed by atoms with van der Waals surface area (Å²) in [7, 11) is 0. The van der Waals surface area contributed by atoms with Crippen LogP contribution >= 0.6 is 0 Å². The Labute approximate surface area is 87.8 Å². The molecule has 0 aromatic carbocycles. The van der Waals surface area contributed by atoms with Gasteiger partial charge in [-0.1, -0.05) is 6.92 Å². The topological polar surface area (TPSA) is 24.5 Å². The summed E-state index contributed by atoms with van der Waals surface area (Å²) < 4.78 is 5.58. The van der Waals surface area contributed by atoms with Crippen molar-refractivity contribution in [3.63, 3.8) is 0 Å². The highest BCUT2D eigenvalue weighted by atomic mass is 16.5. The minimum Gasteiger partial charge on any atom is -0.377 e. The van der Waals surface area contributed by atoms with Gasteiger partial charge >= 0.3 is 0 Å². The Hall–Kier alpha value is -0.120. The Balaban J connectivity index is 2.19. The Morgan fingerprint density at radius 2 is 2.29 bits per heavy atom. The zero-order valence-electron chi connectivity index (χ0n) is 9.75. The monoisotopic (exact) mass is 200 g/mol. The molecule has 1 N–H and O–H groups in total. The Bertz CT molecular complexity index is 150. The maximum Gasteiger partial charge on any atom is 0.0597 e. The van der Waals surface area contributed by atoms with Crippen LogP contribution in [0.25, 0.3) is 0 Å². The van der Waals surface area contributed by atoms with E-state index in [-0.39, 0.29) is 0 Å². The molecule has 14 heavy (non-hydrogen) atoms. The van der Waals surface area contributed by atoms with Crippen LogP contribution in [0.3, 0.4) is 0 Å². The second-order valence-electron chi connectivity index (χ2n) is 4.22. The molecule has 0 spiro atoms. The van der Waals surface area contributed by atoms with E-state index < -0.39 is 0 Å². The average Bonchev–Trinajstić information content (AvgIpc) is 2.18. The quantitative estimate of drug-likeness (QED) is 0.719. The zero-order chi connectivity index (χ0) is 10.4. The predicted octanol–water partition coefficient (Wildman–Crippen LogP) is 1.10. The van der Waals surface area contributed by atoms with Crippen LogP contribution < -0.4 is 5.32 Å². The van der Waals surface area contributed by atoms with Gasteiger partial charge in [-0.15, -0.1) is 0 Å². The van der Waals surface area contributed by atoms with Gasteiger partial charge < -0.3 is 10.1 Å². The van der Waals surface area contributed by atoms with E-state index in [0.717, 1.165) is 26.2 Å². The highest BCUT2D eigenvalue weighted by Crippen LogP contribution is 2.06. The number of nitrogens with zero attached hydrogens (tertiary/aromatic N) is 1. The van der Waals surface area contributed by atoms with Crippen molar-refractivity contribution < 1.29 is 4.74 Å². The Morgan fingerprint density at radius 3 is 2.93 bits per heavy atom. The first-order valence-corrected chi connectivity index (χ1v) is 5.80. The van der Waals surface area contributed by atoms with Crippen molar-refractivity contribution in [1.82, 2.24) is 10.2 Å². The number of piperazine rings is 1. The Kier molecular flexibility index (Phi) is 5.45. The minimum atomic E-state index is 0.359. The molecule has 0 saturated carbocycles. The van der Waals surface area contributed by atoms with Gasteiger partial charge in [0.15, 0.2) is 0 Å². The average molecular weight is 200 g/mol. The molecule has 1 saturated heterocycles. The third kappa shape index (κ3) is 3.95. The third-order valence-corrected chi connectivity index (χ3v) is 2.77. The van der Waals surface area contributed by atoms with Crippen molar-refractivity contribution in [3.8, 4) is 0 Å². The normalized spacial score (nSPS) is 24.4. The molecule has 1 unspecified atom stereocenters. The number of ether oxygens (including phenoxy) is 1. The molecule has 1 fully saturated rings. The summed E-state index contributed by atoms with van der Waals surface area (Å²) in [6.45, 7) is 11.8. The lowest BCUT2D eigenvalue weighted by Gasteiger charge is -2.35. The van der Waals surface area contributed by atoms with Crippen LogP contribution in [0.2, 0.25) is 0 Å². The molecule has 0 bridgehead atoms. The van der Waals surface area contributed by atoms with Gasteiger partial charge in [0.25, 0.3) is 0 Å². The third-order valence-electron chi connectivity index (χ3n) is 2.77. The second kappa shape index (κ2) is 6.38. The SMILES string of the molecule is CCC1CNCCN1CCOC(C)C. The van der Waals surface area contributed by atoms with Crippen LogP contribution in [0.4, 0.5) is 0 Å². The van der Waals surface area contributed by atoms with Gasteiger partial charge in [-0.3, -0.25) is 4.90 Å². The summed E-state index contributed by atoms with van der Waals surface area (Å²) in [6.07, 6.45) is 1.59. The molecule has 0 aromatic rings. The van der Waals surface area contributed by atoms with Gasteiger partial charge in [0, 0.05) is 32.2 Å². The molecule has 84 valence electrons. The molecule has 3 heteroatoms. The van der Waals surface area contributed by atoms with E-state index in [4.69, 9.17) is 4.74 Å². The predicted molar refractivity (Wildman–Crippen MR) is 59.6 cm³/mol. The van der Waals surface area contributed by atoms with E-state index in [9.17, 15) is 0 Å². The van der Waals surface area contributed by atoms with Crippen molar-refractivity contribution >= 4 is 0 Å². The van der Waals surface area contributed by atoms with Crippen molar-refractivity contribution in [1.29, 1.82) is 0 Å². The van der Waals surface area contributed by atoms with Crippen LogP contribution in [-0.4, -0.2) is 49.8 Å². The summed E-state index contributed by atoms with van der Waals surface area (Å²) in [5, 5.41) is 3.43. The van der Waals surface area contributed by atoms with Gasteiger partial charge in [-0.25, -0.2) is 0 Å². The van der Waals surface area contributed by atoms with Crippen LogP contribution in [0.1, 0.15) is 27.2 Å². The molecular formula is C11H24N2O. The fraction of sp³-hybridized carbons (Fsp3) is 1.00. The fourth-order valence-electron chi connectivity index (χ4n) is 1.91. The molecular weight excluding hydrogens is 176 g/mol.